The zero-order valence-corrected chi connectivity index (χ0v) is 9.86. The lowest BCUT2D eigenvalue weighted by Gasteiger charge is -2.23. The number of esters is 1. The lowest BCUT2D eigenvalue weighted by Crippen LogP contribution is -2.26. The highest BCUT2D eigenvalue weighted by Gasteiger charge is 2.33. The summed E-state index contributed by atoms with van der Waals surface area (Å²) >= 11 is 0. The van der Waals surface area contributed by atoms with E-state index >= 15 is 0 Å². The summed E-state index contributed by atoms with van der Waals surface area (Å²) in [6.45, 7) is 7.18. The molecule has 1 saturated heterocycles. The third kappa shape index (κ3) is 2.85. The number of carbonyl (C=O) groups is 1. The maximum Gasteiger partial charge on any atom is 0.330 e. The molecule has 1 saturated carbocycles. The molecule has 1 heterocycles. The Morgan fingerprint density at radius 2 is 1.94 bits per heavy atom. The van der Waals surface area contributed by atoms with Crippen molar-refractivity contribution in [3.05, 3.63) is 12.7 Å². The first-order valence-electron chi connectivity index (χ1n) is 6.31. The molecule has 1 aliphatic heterocycles. The monoisotopic (exact) mass is 223 g/mol. The van der Waals surface area contributed by atoms with Gasteiger partial charge in [0.15, 0.2) is 0 Å². The highest BCUT2D eigenvalue weighted by Crippen LogP contribution is 2.35. The molecule has 1 aliphatic carbocycles. The van der Waals surface area contributed by atoms with Crippen molar-refractivity contribution in [3.8, 4) is 0 Å². The van der Waals surface area contributed by atoms with Gasteiger partial charge in [0.1, 0.15) is 6.61 Å². The third-order valence-electron chi connectivity index (χ3n) is 3.87. The Kier molecular flexibility index (Phi) is 3.99. The van der Waals surface area contributed by atoms with E-state index in [9.17, 15) is 4.79 Å². The van der Waals surface area contributed by atoms with E-state index in [0.29, 0.717) is 6.61 Å². The molecular formula is C13H21NO2. The van der Waals surface area contributed by atoms with Gasteiger partial charge in [0.05, 0.1) is 0 Å². The molecule has 0 aromatic rings. The first-order chi connectivity index (χ1) is 7.79. The summed E-state index contributed by atoms with van der Waals surface area (Å²) in [6.07, 6.45) is 6.83. The van der Waals surface area contributed by atoms with Crippen LogP contribution in [0.25, 0.3) is 0 Å². The Bertz CT molecular complexity index is 251. The normalized spacial score (nSPS) is 29.8. The van der Waals surface area contributed by atoms with Gasteiger partial charge in [-0.2, -0.15) is 0 Å². The van der Waals surface area contributed by atoms with Gasteiger partial charge in [0, 0.05) is 25.7 Å². The van der Waals surface area contributed by atoms with Crippen molar-refractivity contribution in [3.63, 3.8) is 0 Å². The molecule has 2 aliphatic rings. The largest absolute Gasteiger partial charge is 0.461 e. The molecular weight excluding hydrogens is 202 g/mol. The van der Waals surface area contributed by atoms with Crippen LogP contribution in [0.2, 0.25) is 0 Å². The van der Waals surface area contributed by atoms with Gasteiger partial charge < -0.3 is 4.74 Å². The quantitative estimate of drug-likeness (QED) is 0.538. The van der Waals surface area contributed by atoms with Gasteiger partial charge >= 0.3 is 5.97 Å². The molecule has 0 aromatic heterocycles. The second kappa shape index (κ2) is 5.48. The first-order valence-corrected chi connectivity index (χ1v) is 6.31. The van der Waals surface area contributed by atoms with Crippen LogP contribution in [0.15, 0.2) is 12.7 Å². The Labute approximate surface area is 97.5 Å². The molecule has 3 heteroatoms. The fraction of sp³-hybridized carbons (Fsp3) is 0.769. The zero-order valence-electron chi connectivity index (χ0n) is 9.86. The number of hydrogen-bond acceptors (Lipinski definition) is 3. The van der Waals surface area contributed by atoms with E-state index < -0.39 is 0 Å². The van der Waals surface area contributed by atoms with E-state index in [-0.39, 0.29) is 5.97 Å². The lowest BCUT2D eigenvalue weighted by molar-refractivity contribution is -0.138. The van der Waals surface area contributed by atoms with Crippen LogP contribution in [0.4, 0.5) is 0 Å². The van der Waals surface area contributed by atoms with Gasteiger partial charge in [-0.15, -0.1) is 0 Å². The number of ether oxygens (including phenoxy) is 1. The smallest absolute Gasteiger partial charge is 0.330 e. The average molecular weight is 223 g/mol. The summed E-state index contributed by atoms with van der Waals surface area (Å²) in [5, 5.41) is 0. The molecule has 90 valence electrons. The molecule has 0 bridgehead atoms. The van der Waals surface area contributed by atoms with Crippen molar-refractivity contribution in [1.29, 1.82) is 0 Å². The third-order valence-corrected chi connectivity index (χ3v) is 3.87. The predicted octanol–water partition coefficient (Wildman–Crippen LogP) is 1.84. The van der Waals surface area contributed by atoms with Crippen LogP contribution in [0.1, 0.15) is 25.7 Å². The van der Waals surface area contributed by atoms with Gasteiger partial charge in [-0.1, -0.05) is 19.4 Å². The number of hydrogen-bond donors (Lipinski definition) is 0. The summed E-state index contributed by atoms with van der Waals surface area (Å²) in [7, 11) is 0. The van der Waals surface area contributed by atoms with Gasteiger partial charge in [-0.25, -0.2) is 4.79 Å². The van der Waals surface area contributed by atoms with Crippen LogP contribution in [0, 0.1) is 11.8 Å². The minimum absolute atomic E-state index is 0.309. The zero-order chi connectivity index (χ0) is 11.4. The molecule has 0 radical (unpaired) electrons. The summed E-state index contributed by atoms with van der Waals surface area (Å²) in [5.41, 5.74) is 0. The highest BCUT2D eigenvalue weighted by molar-refractivity contribution is 5.81. The van der Waals surface area contributed by atoms with Crippen molar-refractivity contribution < 1.29 is 9.53 Å². The van der Waals surface area contributed by atoms with Crippen LogP contribution >= 0.6 is 0 Å². The van der Waals surface area contributed by atoms with Crippen LogP contribution in [0.3, 0.4) is 0 Å². The Morgan fingerprint density at radius 3 is 2.50 bits per heavy atom. The van der Waals surface area contributed by atoms with Crippen molar-refractivity contribution >= 4 is 5.97 Å². The van der Waals surface area contributed by atoms with E-state index in [1.165, 1.54) is 44.8 Å². The molecule has 3 nitrogen and oxygen atoms in total. The molecule has 0 spiro atoms. The SMILES string of the molecule is C=CC(=O)OCCN1CC2CCCCC2C1. The van der Waals surface area contributed by atoms with Crippen molar-refractivity contribution in [2.75, 3.05) is 26.2 Å². The average Bonchev–Trinajstić information content (AvgIpc) is 2.71. The lowest BCUT2D eigenvalue weighted by atomic mass is 9.82. The second-order valence-electron chi connectivity index (χ2n) is 4.94. The maximum atomic E-state index is 10.9. The van der Waals surface area contributed by atoms with Gasteiger partial charge in [0.2, 0.25) is 0 Å². The summed E-state index contributed by atoms with van der Waals surface area (Å²) in [4.78, 5) is 13.3. The van der Waals surface area contributed by atoms with Crippen molar-refractivity contribution in [1.82, 2.24) is 4.90 Å². The van der Waals surface area contributed by atoms with Crippen LogP contribution in [-0.4, -0.2) is 37.1 Å². The first kappa shape index (κ1) is 11.6. The number of carbonyl (C=O) groups excluding carboxylic acids is 1. The number of likely N-dealkylation sites (tertiary alicyclic amines) is 1. The van der Waals surface area contributed by atoms with Crippen molar-refractivity contribution in [2.45, 2.75) is 25.7 Å². The van der Waals surface area contributed by atoms with Gasteiger partial charge in [-0.05, 0) is 24.7 Å². The predicted molar refractivity (Wildman–Crippen MR) is 63.0 cm³/mol. The van der Waals surface area contributed by atoms with Gasteiger partial charge in [0.25, 0.3) is 0 Å². The van der Waals surface area contributed by atoms with E-state index in [0.717, 1.165) is 18.4 Å². The number of nitrogens with zero attached hydrogens (tertiary/aromatic N) is 1. The fourth-order valence-corrected chi connectivity index (χ4v) is 3.02. The van der Waals surface area contributed by atoms with Crippen LogP contribution in [-0.2, 0) is 9.53 Å². The number of fused-ring (bicyclic) bond motifs is 1. The fourth-order valence-electron chi connectivity index (χ4n) is 3.02. The van der Waals surface area contributed by atoms with Gasteiger partial charge in [-0.3, -0.25) is 4.90 Å². The maximum absolute atomic E-state index is 10.9. The van der Waals surface area contributed by atoms with Crippen molar-refractivity contribution in [2.24, 2.45) is 11.8 Å². The van der Waals surface area contributed by atoms with E-state index in [1.54, 1.807) is 0 Å². The van der Waals surface area contributed by atoms with Crippen LogP contribution < -0.4 is 0 Å². The topological polar surface area (TPSA) is 29.5 Å². The molecule has 2 atom stereocenters. The Morgan fingerprint density at radius 1 is 1.31 bits per heavy atom. The highest BCUT2D eigenvalue weighted by atomic mass is 16.5. The molecule has 0 amide bonds. The Hall–Kier alpha value is -0.830. The molecule has 0 aromatic carbocycles. The number of rotatable bonds is 4. The van der Waals surface area contributed by atoms with E-state index in [4.69, 9.17) is 4.74 Å². The Balaban J connectivity index is 1.68. The summed E-state index contributed by atoms with van der Waals surface area (Å²) < 4.78 is 5.01. The minimum atomic E-state index is -0.309. The van der Waals surface area contributed by atoms with E-state index in [1.807, 2.05) is 0 Å². The molecule has 16 heavy (non-hydrogen) atoms. The van der Waals surface area contributed by atoms with Crippen LogP contribution in [0.5, 0.6) is 0 Å². The standard InChI is InChI=1S/C13H21NO2/c1-2-13(15)16-8-7-14-9-11-5-3-4-6-12(11)10-14/h2,11-12H,1,3-10H2. The van der Waals surface area contributed by atoms with E-state index in [2.05, 4.69) is 11.5 Å². The summed E-state index contributed by atoms with van der Waals surface area (Å²) in [5.74, 6) is 1.50. The minimum Gasteiger partial charge on any atom is -0.461 e. The molecule has 2 fully saturated rings. The summed E-state index contributed by atoms with van der Waals surface area (Å²) in [6, 6.07) is 0. The molecule has 2 unspecified atom stereocenters. The molecule has 0 N–H and O–H groups in total. The molecule has 2 rings (SSSR count). The second-order valence-corrected chi connectivity index (χ2v) is 4.94.